The summed E-state index contributed by atoms with van der Waals surface area (Å²) in [6.45, 7) is 9.16. The lowest BCUT2D eigenvalue weighted by Gasteiger charge is -2.14. The zero-order chi connectivity index (χ0) is 14.4. The highest BCUT2D eigenvalue weighted by molar-refractivity contribution is 5.87. The molecule has 2 heteroatoms. The molecule has 20 heavy (non-hydrogen) atoms. The maximum atomic E-state index is 5.78. The molecule has 0 saturated heterocycles. The molecule has 0 aliphatic carbocycles. The van der Waals surface area contributed by atoms with Gasteiger partial charge in [-0.05, 0) is 42.6 Å². The Hall–Kier alpha value is -1.54. The lowest BCUT2D eigenvalue weighted by Crippen LogP contribution is -2.17. The van der Waals surface area contributed by atoms with E-state index in [0.29, 0.717) is 6.61 Å². The topological polar surface area (TPSA) is 21.3 Å². The number of ether oxygens (including phenoxy) is 1. The minimum Gasteiger partial charge on any atom is -0.494 e. The van der Waals surface area contributed by atoms with Crippen molar-refractivity contribution in [1.82, 2.24) is 5.32 Å². The molecule has 0 bridgehead atoms. The Balaban J connectivity index is 2.20. The second-order valence-corrected chi connectivity index (χ2v) is 5.56. The molecule has 0 fully saturated rings. The Morgan fingerprint density at radius 3 is 2.65 bits per heavy atom. The van der Waals surface area contributed by atoms with E-state index in [2.05, 4.69) is 55.6 Å². The Kier molecular flexibility index (Phi) is 5.42. The molecule has 2 aromatic carbocycles. The fourth-order valence-electron chi connectivity index (χ4n) is 2.39. The van der Waals surface area contributed by atoms with Crippen LogP contribution in [0.3, 0.4) is 0 Å². The normalized spacial score (nSPS) is 11.2. The van der Waals surface area contributed by atoms with Gasteiger partial charge in [0.2, 0.25) is 0 Å². The molecule has 2 aromatic rings. The largest absolute Gasteiger partial charge is 0.494 e. The summed E-state index contributed by atoms with van der Waals surface area (Å²) in [5.74, 6) is 1.74. The monoisotopic (exact) mass is 271 g/mol. The van der Waals surface area contributed by atoms with Crippen LogP contribution in [0.15, 0.2) is 36.4 Å². The van der Waals surface area contributed by atoms with Crippen molar-refractivity contribution in [3.8, 4) is 5.75 Å². The summed E-state index contributed by atoms with van der Waals surface area (Å²) in [6, 6.07) is 12.7. The van der Waals surface area contributed by atoms with Gasteiger partial charge in [-0.15, -0.1) is 0 Å². The molecule has 0 aromatic heterocycles. The number of nitrogens with one attached hydrogen (secondary N) is 1. The van der Waals surface area contributed by atoms with Crippen molar-refractivity contribution in [2.24, 2.45) is 5.92 Å². The molecule has 0 radical (unpaired) electrons. The van der Waals surface area contributed by atoms with E-state index in [0.717, 1.165) is 24.8 Å². The van der Waals surface area contributed by atoms with Gasteiger partial charge < -0.3 is 10.1 Å². The van der Waals surface area contributed by atoms with Crippen LogP contribution in [0.5, 0.6) is 5.75 Å². The molecule has 2 nitrogen and oxygen atoms in total. The van der Waals surface area contributed by atoms with Gasteiger partial charge in [-0.2, -0.15) is 0 Å². The van der Waals surface area contributed by atoms with Crippen LogP contribution in [0.25, 0.3) is 10.8 Å². The third-order valence-corrected chi connectivity index (χ3v) is 3.50. The third-order valence-electron chi connectivity index (χ3n) is 3.50. The minimum absolute atomic E-state index is 0.706. The lowest BCUT2D eigenvalue weighted by molar-refractivity contribution is 0.336. The zero-order valence-corrected chi connectivity index (χ0v) is 12.8. The number of rotatable bonds is 7. The van der Waals surface area contributed by atoms with Gasteiger partial charge in [-0.1, -0.05) is 44.2 Å². The van der Waals surface area contributed by atoms with Crippen LogP contribution in [-0.2, 0) is 6.54 Å². The molecule has 0 amide bonds. The van der Waals surface area contributed by atoms with Crippen LogP contribution in [0.2, 0.25) is 0 Å². The first-order chi connectivity index (χ1) is 9.72. The number of hydrogen-bond acceptors (Lipinski definition) is 2. The van der Waals surface area contributed by atoms with E-state index in [-0.39, 0.29) is 0 Å². The Morgan fingerprint density at radius 1 is 1.10 bits per heavy atom. The van der Waals surface area contributed by atoms with Crippen molar-refractivity contribution in [3.63, 3.8) is 0 Å². The highest BCUT2D eigenvalue weighted by Gasteiger charge is 2.08. The van der Waals surface area contributed by atoms with Crippen molar-refractivity contribution in [2.45, 2.75) is 33.7 Å². The fourth-order valence-corrected chi connectivity index (χ4v) is 2.39. The van der Waals surface area contributed by atoms with Crippen LogP contribution < -0.4 is 10.1 Å². The highest BCUT2D eigenvalue weighted by atomic mass is 16.5. The van der Waals surface area contributed by atoms with Crippen LogP contribution in [0.4, 0.5) is 0 Å². The highest BCUT2D eigenvalue weighted by Crippen LogP contribution is 2.28. The first-order valence-electron chi connectivity index (χ1n) is 7.56. The molecular formula is C18H25NO. The fraction of sp³-hybridized carbons (Fsp3) is 0.444. The smallest absolute Gasteiger partial charge is 0.124 e. The number of fused-ring (bicyclic) bond motifs is 1. The van der Waals surface area contributed by atoms with E-state index in [1.165, 1.54) is 22.8 Å². The van der Waals surface area contributed by atoms with Gasteiger partial charge in [0.25, 0.3) is 0 Å². The molecule has 0 saturated carbocycles. The zero-order valence-electron chi connectivity index (χ0n) is 12.8. The Bertz CT molecular complexity index is 548. The second-order valence-electron chi connectivity index (χ2n) is 5.56. The maximum absolute atomic E-state index is 5.78. The molecule has 0 unspecified atom stereocenters. The Labute approximate surface area is 122 Å². The standard InChI is InChI=1S/C18H25NO/c1-4-20-18-10-9-15-7-5-6-8-16(15)17(18)13-19-12-11-14(2)3/h5-10,14,19H,4,11-13H2,1-3H3. The van der Waals surface area contributed by atoms with Crippen LogP contribution >= 0.6 is 0 Å². The van der Waals surface area contributed by atoms with Crippen molar-refractivity contribution < 1.29 is 4.74 Å². The third kappa shape index (κ3) is 3.73. The van der Waals surface area contributed by atoms with Crippen LogP contribution in [0.1, 0.15) is 32.8 Å². The van der Waals surface area contributed by atoms with Crippen molar-refractivity contribution >= 4 is 10.8 Å². The molecular weight excluding hydrogens is 246 g/mol. The van der Waals surface area contributed by atoms with E-state index < -0.39 is 0 Å². The van der Waals surface area contributed by atoms with E-state index in [1.54, 1.807) is 0 Å². The maximum Gasteiger partial charge on any atom is 0.124 e. The van der Waals surface area contributed by atoms with Crippen molar-refractivity contribution in [3.05, 3.63) is 42.0 Å². The second kappa shape index (κ2) is 7.30. The summed E-state index contributed by atoms with van der Waals surface area (Å²) in [5, 5.41) is 6.11. The van der Waals surface area contributed by atoms with Gasteiger partial charge in [-0.3, -0.25) is 0 Å². The lowest BCUT2D eigenvalue weighted by atomic mass is 10.0. The molecule has 2 rings (SSSR count). The average Bonchev–Trinajstić information content (AvgIpc) is 2.45. The molecule has 0 aliphatic rings. The van der Waals surface area contributed by atoms with Crippen molar-refractivity contribution in [2.75, 3.05) is 13.2 Å². The van der Waals surface area contributed by atoms with Crippen molar-refractivity contribution in [1.29, 1.82) is 0 Å². The molecule has 108 valence electrons. The van der Waals surface area contributed by atoms with Gasteiger partial charge in [-0.25, -0.2) is 0 Å². The van der Waals surface area contributed by atoms with Crippen LogP contribution in [0, 0.1) is 5.92 Å². The van der Waals surface area contributed by atoms with E-state index in [9.17, 15) is 0 Å². The predicted molar refractivity (Wildman–Crippen MR) is 86.3 cm³/mol. The van der Waals surface area contributed by atoms with E-state index in [1.807, 2.05) is 6.92 Å². The summed E-state index contributed by atoms with van der Waals surface area (Å²) in [4.78, 5) is 0. The molecule has 1 N–H and O–H groups in total. The summed E-state index contributed by atoms with van der Waals surface area (Å²) in [5.41, 5.74) is 1.27. The molecule has 0 aliphatic heterocycles. The van der Waals surface area contributed by atoms with Gasteiger partial charge >= 0.3 is 0 Å². The number of hydrogen-bond donors (Lipinski definition) is 1. The summed E-state index contributed by atoms with van der Waals surface area (Å²) >= 11 is 0. The van der Waals surface area contributed by atoms with Crippen LogP contribution in [-0.4, -0.2) is 13.2 Å². The quantitative estimate of drug-likeness (QED) is 0.755. The van der Waals surface area contributed by atoms with Gasteiger partial charge in [0, 0.05) is 12.1 Å². The van der Waals surface area contributed by atoms with Gasteiger partial charge in [0.15, 0.2) is 0 Å². The SMILES string of the molecule is CCOc1ccc2ccccc2c1CNCCC(C)C. The molecule has 0 spiro atoms. The first-order valence-corrected chi connectivity index (χ1v) is 7.56. The van der Waals surface area contributed by atoms with E-state index >= 15 is 0 Å². The minimum atomic E-state index is 0.706. The van der Waals surface area contributed by atoms with E-state index in [4.69, 9.17) is 4.74 Å². The summed E-state index contributed by atoms with van der Waals surface area (Å²) < 4.78 is 5.78. The van der Waals surface area contributed by atoms with Gasteiger partial charge in [0.1, 0.15) is 5.75 Å². The van der Waals surface area contributed by atoms with Gasteiger partial charge in [0.05, 0.1) is 6.61 Å². The Morgan fingerprint density at radius 2 is 1.90 bits per heavy atom. The first kappa shape index (κ1) is 14.9. The summed E-state index contributed by atoms with van der Waals surface area (Å²) in [7, 11) is 0. The average molecular weight is 271 g/mol. The molecule has 0 atom stereocenters. The number of benzene rings is 2. The predicted octanol–water partition coefficient (Wildman–Crippen LogP) is 4.37. The molecule has 0 heterocycles. The summed E-state index contributed by atoms with van der Waals surface area (Å²) in [6.07, 6.45) is 1.20.